The molecule has 3 N–H and O–H groups in total. The van der Waals surface area contributed by atoms with E-state index in [4.69, 9.17) is 4.74 Å². The zero-order chi connectivity index (χ0) is 19.5. The molecule has 0 unspecified atom stereocenters. The molecule has 0 fully saturated rings. The Labute approximate surface area is 184 Å². The van der Waals surface area contributed by atoms with Gasteiger partial charge in [-0.25, -0.2) is 0 Å². The predicted molar refractivity (Wildman–Crippen MR) is 125 cm³/mol. The number of nitrogens with zero attached hydrogens (tertiary/aromatic N) is 1. The molecule has 0 bridgehead atoms. The Morgan fingerprint density at radius 2 is 1.86 bits per heavy atom. The predicted octanol–water partition coefficient (Wildman–Crippen LogP) is 2.97. The SMILES string of the molecule is CCNC(=O)c1cccc(CNC(=NC)NCCc2ccccc2OC)c1.I. The fourth-order valence-electron chi connectivity index (χ4n) is 2.72. The van der Waals surface area contributed by atoms with Crippen molar-refractivity contribution in [2.75, 3.05) is 27.2 Å². The Kier molecular flexibility index (Phi) is 11.0. The van der Waals surface area contributed by atoms with Crippen molar-refractivity contribution in [3.8, 4) is 5.75 Å². The van der Waals surface area contributed by atoms with E-state index in [0.29, 0.717) is 24.6 Å². The van der Waals surface area contributed by atoms with Gasteiger partial charge in [0, 0.05) is 32.2 Å². The van der Waals surface area contributed by atoms with Gasteiger partial charge in [-0.3, -0.25) is 9.79 Å². The van der Waals surface area contributed by atoms with Crippen molar-refractivity contribution in [3.05, 3.63) is 65.2 Å². The minimum Gasteiger partial charge on any atom is -0.496 e. The van der Waals surface area contributed by atoms with E-state index in [-0.39, 0.29) is 29.9 Å². The molecule has 28 heavy (non-hydrogen) atoms. The van der Waals surface area contributed by atoms with E-state index in [1.54, 1.807) is 14.2 Å². The highest BCUT2D eigenvalue weighted by atomic mass is 127. The molecular formula is C21H29IN4O2. The molecule has 0 aliphatic carbocycles. The molecule has 2 aromatic carbocycles. The van der Waals surface area contributed by atoms with Crippen LogP contribution in [0.1, 0.15) is 28.4 Å². The second-order valence-electron chi connectivity index (χ2n) is 5.97. The third kappa shape index (κ3) is 7.38. The zero-order valence-corrected chi connectivity index (χ0v) is 18.9. The number of nitrogens with one attached hydrogen (secondary N) is 3. The van der Waals surface area contributed by atoms with Crippen LogP contribution in [0.4, 0.5) is 0 Å². The Morgan fingerprint density at radius 3 is 2.57 bits per heavy atom. The van der Waals surface area contributed by atoms with Crippen LogP contribution in [0.3, 0.4) is 0 Å². The number of rotatable bonds is 8. The van der Waals surface area contributed by atoms with E-state index in [0.717, 1.165) is 29.8 Å². The van der Waals surface area contributed by atoms with Crippen LogP contribution in [-0.2, 0) is 13.0 Å². The molecule has 0 aliphatic heterocycles. The molecule has 6 nitrogen and oxygen atoms in total. The largest absolute Gasteiger partial charge is 0.496 e. The summed E-state index contributed by atoms with van der Waals surface area (Å²) in [5.41, 5.74) is 2.83. The van der Waals surface area contributed by atoms with Gasteiger partial charge < -0.3 is 20.7 Å². The van der Waals surface area contributed by atoms with Crippen LogP contribution in [0.25, 0.3) is 0 Å². The van der Waals surface area contributed by atoms with Gasteiger partial charge in [-0.15, -0.1) is 24.0 Å². The normalized spacial score (nSPS) is 10.6. The van der Waals surface area contributed by atoms with Gasteiger partial charge in [-0.2, -0.15) is 0 Å². The molecule has 0 radical (unpaired) electrons. The van der Waals surface area contributed by atoms with Gasteiger partial charge in [0.05, 0.1) is 7.11 Å². The average molecular weight is 496 g/mol. The summed E-state index contributed by atoms with van der Waals surface area (Å²) >= 11 is 0. The third-order valence-corrected chi connectivity index (χ3v) is 4.09. The number of para-hydroxylation sites is 1. The molecular weight excluding hydrogens is 467 g/mol. The van der Waals surface area contributed by atoms with Gasteiger partial charge in [0.15, 0.2) is 5.96 Å². The van der Waals surface area contributed by atoms with Crippen molar-refractivity contribution >= 4 is 35.8 Å². The first kappa shape index (κ1) is 23.7. The molecule has 7 heteroatoms. The van der Waals surface area contributed by atoms with Crippen molar-refractivity contribution in [3.63, 3.8) is 0 Å². The molecule has 2 rings (SSSR count). The van der Waals surface area contributed by atoms with Crippen LogP contribution in [0.5, 0.6) is 5.75 Å². The van der Waals surface area contributed by atoms with E-state index in [1.807, 2.05) is 49.4 Å². The van der Waals surface area contributed by atoms with Crippen LogP contribution >= 0.6 is 24.0 Å². The number of ether oxygens (including phenoxy) is 1. The second-order valence-corrected chi connectivity index (χ2v) is 5.97. The summed E-state index contributed by atoms with van der Waals surface area (Å²) < 4.78 is 5.38. The highest BCUT2D eigenvalue weighted by Crippen LogP contribution is 2.17. The monoisotopic (exact) mass is 496 g/mol. The van der Waals surface area contributed by atoms with Crippen molar-refractivity contribution in [1.29, 1.82) is 0 Å². The summed E-state index contributed by atoms with van der Waals surface area (Å²) in [6, 6.07) is 15.6. The highest BCUT2D eigenvalue weighted by molar-refractivity contribution is 14.0. The summed E-state index contributed by atoms with van der Waals surface area (Å²) in [7, 11) is 3.42. The lowest BCUT2D eigenvalue weighted by Crippen LogP contribution is -2.37. The Hall–Kier alpha value is -2.29. The zero-order valence-electron chi connectivity index (χ0n) is 16.6. The number of hydrogen-bond donors (Lipinski definition) is 3. The summed E-state index contributed by atoms with van der Waals surface area (Å²) in [6.45, 7) is 3.84. The molecule has 152 valence electrons. The van der Waals surface area contributed by atoms with E-state index < -0.39 is 0 Å². The fourth-order valence-corrected chi connectivity index (χ4v) is 2.72. The summed E-state index contributed by atoms with van der Waals surface area (Å²) in [4.78, 5) is 16.2. The first-order chi connectivity index (χ1) is 13.2. The first-order valence-corrected chi connectivity index (χ1v) is 9.11. The maximum absolute atomic E-state index is 11.9. The van der Waals surface area contributed by atoms with Crippen LogP contribution in [0.2, 0.25) is 0 Å². The molecule has 0 aliphatic rings. The number of aliphatic imine (C=N–C) groups is 1. The van der Waals surface area contributed by atoms with Crippen LogP contribution in [0.15, 0.2) is 53.5 Å². The van der Waals surface area contributed by atoms with Gasteiger partial charge in [-0.05, 0) is 42.7 Å². The van der Waals surface area contributed by atoms with Crippen molar-refractivity contribution in [1.82, 2.24) is 16.0 Å². The van der Waals surface area contributed by atoms with Crippen LogP contribution in [-0.4, -0.2) is 39.1 Å². The minimum atomic E-state index is -0.0568. The fraction of sp³-hybridized carbons (Fsp3) is 0.333. The number of guanidine groups is 1. The average Bonchev–Trinajstić information content (AvgIpc) is 2.71. The smallest absolute Gasteiger partial charge is 0.251 e. The summed E-state index contributed by atoms with van der Waals surface area (Å²) in [5, 5.41) is 9.39. The molecule has 0 saturated carbocycles. The topological polar surface area (TPSA) is 74.8 Å². The Bertz CT molecular complexity index is 781. The van der Waals surface area contributed by atoms with Crippen molar-refractivity contribution < 1.29 is 9.53 Å². The molecule has 0 atom stereocenters. The number of carbonyl (C=O) groups excluding carboxylic acids is 1. The lowest BCUT2D eigenvalue weighted by Gasteiger charge is -2.13. The molecule has 0 spiro atoms. The van der Waals surface area contributed by atoms with E-state index in [9.17, 15) is 4.79 Å². The third-order valence-electron chi connectivity index (χ3n) is 4.09. The number of amides is 1. The van der Waals surface area contributed by atoms with Crippen molar-refractivity contribution in [2.45, 2.75) is 19.9 Å². The standard InChI is InChI=1S/C21H28N4O2.HI/c1-4-23-20(26)18-10-7-8-16(14-18)15-25-21(22-2)24-13-12-17-9-5-6-11-19(17)27-3;/h5-11,14H,4,12-13,15H2,1-3H3,(H,23,26)(H2,22,24,25);1H. The lowest BCUT2D eigenvalue weighted by atomic mass is 10.1. The second kappa shape index (κ2) is 13.0. The molecule has 1 amide bonds. The van der Waals surface area contributed by atoms with Gasteiger partial charge in [0.2, 0.25) is 0 Å². The number of benzene rings is 2. The maximum atomic E-state index is 11.9. The lowest BCUT2D eigenvalue weighted by molar-refractivity contribution is 0.0955. The highest BCUT2D eigenvalue weighted by Gasteiger charge is 2.06. The number of carbonyl (C=O) groups is 1. The van der Waals surface area contributed by atoms with Gasteiger partial charge in [0.1, 0.15) is 5.75 Å². The summed E-state index contributed by atoms with van der Waals surface area (Å²) in [5.74, 6) is 1.55. The van der Waals surface area contributed by atoms with Gasteiger partial charge in [-0.1, -0.05) is 30.3 Å². The first-order valence-electron chi connectivity index (χ1n) is 9.11. The van der Waals surface area contributed by atoms with Crippen LogP contribution in [0, 0.1) is 0 Å². The van der Waals surface area contributed by atoms with E-state index >= 15 is 0 Å². The van der Waals surface area contributed by atoms with Crippen molar-refractivity contribution in [2.24, 2.45) is 4.99 Å². The quantitative estimate of drug-likeness (QED) is 0.299. The molecule has 0 aromatic heterocycles. The molecule has 0 saturated heterocycles. The van der Waals surface area contributed by atoms with Crippen LogP contribution < -0.4 is 20.7 Å². The maximum Gasteiger partial charge on any atom is 0.251 e. The molecule has 0 heterocycles. The Balaban J connectivity index is 0.00000392. The van der Waals surface area contributed by atoms with Gasteiger partial charge >= 0.3 is 0 Å². The number of methoxy groups -OCH3 is 1. The molecule has 2 aromatic rings. The number of halogens is 1. The van der Waals surface area contributed by atoms with Gasteiger partial charge in [0.25, 0.3) is 5.91 Å². The number of hydrogen-bond acceptors (Lipinski definition) is 3. The van der Waals surface area contributed by atoms with E-state index in [2.05, 4.69) is 27.0 Å². The van der Waals surface area contributed by atoms with E-state index in [1.165, 1.54) is 0 Å². The summed E-state index contributed by atoms with van der Waals surface area (Å²) in [6.07, 6.45) is 0.831. The minimum absolute atomic E-state index is 0. The Morgan fingerprint density at radius 1 is 1.07 bits per heavy atom.